The monoisotopic (exact) mass is 355 g/mol. The summed E-state index contributed by atoms with van der Waals surface area (Å²) in [5, 5.41) is 1.10. The van der Waals surface area contributed by atoms with E-state index in [4.69, 9.17) is 12.2 Å². The summed E-state index contributed by atoms with van der Waals surface area (Å²) in [6.07, 6.45) is 1.80. The van der Waals surface area contributed by atoms with Crippen LogP contribution < -0.4 is 0 Å². The lowest BCUT2D eigenvalue weighted by Crippen LogP contribution is -1.94. The molecule has 102 valence electrons. The van der Waals surface area contributed by atoms with E-state index in [0.29, 0.717) is 4.77 Å². The predicted octanol–water partition coefficient (Wildman–Crippen LogP) is 5.00. The predicted molar refractivity (Wildman–Crippen MR) is 91.5 cm³/mol. The van der Waals surface area contributed by atoms with Gasteiger partial charge in [0.25, 0.3) is 0 Å². The Bertz CT molecular complexity index is 1030. The van der Waals surface area contributed by atoms with E-state index in [2.05, 4.69) is 44.1 Å². The number of H-pyrrole nitrogens is 1. The molecule has 0 spiro atoms. The molecule has 4 aromatic rings. The molecule has 0 aliphatic heterocycles. The first-order chi connectivity index (χ1) is 10.2. The molecule has 5 heteroatoms. The molecule has 0 fully saturated rings. The van der Waals surface area contributed by atoms with E-state index in [1.165, 1.54) is 0 Å². The third kappa shape index (κ3) is 2.09. The van der Waals surface area contributed by atoms with E-state index in [-0.39, 0.29) is 0 Å². The van der Waals surface area contributed by atoms with E-state index in [1.807, 2.05) is 34.9 Å². The molecule has 21 heavy (non-hydrogen) atoms. The third-order valence-corrected chi connectivity index (χ3v) is 4.27. The summed E-state index contributed by atoms with van der Waals surface area (Å²) in [5.74, 6) is 0. The number of nitrogens with one attached hydrogen (secondary N) is 1. The zero-order valence-electron chi connectivity index (χ0n) is 10.9. The van der Waals surface area contributed by atoms with Gasteiger partial charge in [0.1, 0.15) is 0 Å². The Morgan fingerprint density at radius 1 is 1.10 bits per heavy atom. The first kappa shape index (κ1) is 12.7. The Labute approximate surface area is 134 Å². The minimum Gasteiger partial charge on any atom is -0.330 e. The summed E-state index contributed by atoms with van der Waals surface area (Å²) in [4.78, 5) is 7.59. The molecule has 0 saturated carbocycles. The second-order valence-electron chi connectivity index (χ2n) is 4.81. The van der Waals surface area contributed by atoms with Gasteiger partial charge in [-0.05, 0) is 54.7 Å². The zero-order chi connectivity index (χ0) is 14.4. The van der Waals surface area contributed by atoms with Gasteiger partial charge in [0.2, 0.25) is 0 Å². The van der Waals surface area contributed by atoms with Crippen molar-refractivity contribution in [1.82, 2.24) is 14.5 Å². The van der Waals surface area contributed by atoms with Crippen LogP contribution in [0.25, 0.3) is 27.6 Å². The number of rotatable bonds is 1. The Balaban J connectivity index is 2.05. The highest BCUT2D eigenvalue weighted by atomic mass is 79.9. The lowest BCUT2D eigenvalue weighted by Gasteiger charge is -2.06. The maximum Gasteiger partial charge on any atom is 0.182 e. The van der Waals surface area contributed by atoms with Crippen molar-refractivity contribution in [3.05, 3.63) is 64.0 Å². The van der Waals surface area contributed by atoms with Crippen molar-refractivity contribution in [2.24, 2.45) is 0 Å². The van der Waals surface area contributed by atoms with Crippen molar-refractivity contribution in [1.29, 1.82) is 0 Å². The number of hydrogen-bond donors (Lipinski definition) is 1. The molecule has 2 aromatic carbocycles. The average Bonchev–Trinajstić information content (AvgIpc) is 2.82. The highest BCUT2D eigenvalue weighted by Gasteiger charge is 2.07. The number of nitrogens with zero attached hydrogens (tertiary/aromatic N) is 2. The standard InChI is InChI=1S/C16H10BrN3S/c17-11-3-5-14-15(9-11)20(16(21)19-14)12-4-6-13-10(8-12)2-1-7-18-13/h1-9H,(H,19,21). The molecule has 2 heterocycles. The number of pyridine rings is 1. The van der Waals surface area contributed by atoms with Crippen molar-refractivity contribution in [3.63, 3.8) is 0 Å². The molecule has 0 bridgehead atoms. The van der Waals surface area contributed by atoms with Crippen LogP contribution in [-0.4, -0.2) is 14.5 Å². The van der Waals surface area contributed by atoms with E-state index < -0.39 is 0 Å². The lowest BCUT2D eigenvalue weighted by molar-refractivity contribution is 1.07. The molecule has 0 aliphatic rings. The maximum atomic E-state index is 5.48. The van der Waals surface area contributed by atoms with E-state index >= 15 is 0 Å². The minimum absolute atomic E-state index is 0.686. The first-order valence-electron chi connectivity index (χ1n) is 6.48. The fourth-order valence-electron chi connectivity index (χ4n) is 2.53. The number of hydrogen-bond acceptors (Lipinski definition) is 2. The van der Waals surface area contributed by atoms with Crippen LogP contribution in [0.5, 0.6) is 0 Å². The number of fused-ring (bicyclic) bond motifs is 2. The summed E-state index contributed by atoms with van der Waals surface area (Å²) in [6.45, 7) is 0. The molecule has 1 N–H and O–H groups in total. The lowest BCUT2D eigenvalue weighted by atomic mass is 10.2. The van der Waals surface area contributed by atoms with Crippen LogP contribution in [0.1, 0.15) is 0 Å². The Morgan fingerprint density at radius 2 is 2.00 bits per heavy atom. The number of aromatic nitrogens is 3. The van der Waals surface area contributed by atoms with E-state index in [1.54, 1.807) is 6.20 Å². The number of benzene rings is 2. The largest absolute Gasteiger partial charge is 0.330 e. The van der Waals surface area contributed by atoms with Gasteiger partial charge in [0.15, 0.2) is 4.77 Å². The van der Waals surface area contributed by atoms with Gasteiger partial charge < -0.3 is 4.98 Å². The molecule has 0 saturated heterocycles. The van der Waals surface area contributed by atoms with Gasteiger partial charge >= 0.3 is 0 Å². The van der Waals surface area contributed by atoms with Crippen molar-refractivity contribution in [2.75, 3.05) is 0 Å². The highest BCUT2D eigenvalue weighted by molar-refractivity contribution is 9.10. The fraction of sp³-hybridized carbons (Fsp3) is 0. The van der Waals surface area contributed by atoms with Crippen molar-refractivity contribution < 1.29 is 0 Å². The van der Waals surface area contributed by atoms with Gasteiger partial charge in [-0.15, -0.1) is 0 Å². The van der Waals surface area contributed by atoms with Crippen molar-refractivity contribution in [3.8, 4) is 5.69 Å². The van der Waals surface area contributed by atoms with Crippen LogP contribution in [0.2, 0.25) is 0 Å². The molecule has 0 atom stereocenters. The normalized spacial score (nSPS) is 11.3. The van der Waals surface area contributed by atoms with Gasteiger partial charge in [-0.2, -0.15) is 0 Å². The fourth-order valence-corrected chi connectivity index (χ4v) is 3.20. The molecule has 0 amide bonds. The van der Waals surface area contributed by atoms with Crippen LogP contribution in [0.3, 0.4) is 0 Å². The van der Waals surface area contributed by atoms with Gasteiger partial charge in [-0.25, -0.2) is 0 Å². The van der Waals surface area contributed by atoms with Crippen LogP contribution in [0, 0.1) is 4.77 Å². The highest BCUT2D eigenvalue weighted by Crippen LogP contribution is 2.24. The third-order valence-electron chi connectivity index (χ3n) is 3.49. The quantitative estimate of drug-likeness (QED) is 0.487. The number of aromatic amines is 1. The summed E-state index contributed by atoms with van der Waals surface area (Å²) in [7, 11) is 0. The van der Waals surface area contributed by atoms with Gasteiger partial charge in [-0.3, -0.25) is 9.55 Å². The Hall–Kier alpha value is -1.98. The molecule has 0 aliphatic carbocycles. The summed E-state index contributed by atoms with van der Waals surface area (Å²) in [6, 6.07) is 16.2. The van der Waals surface area contributed by atoms with Gasteiger partial charge in [-0.1, -0.05) is 22.0 Å². The summed E-state index contributed by atoms with van der Waals surface area (Å²) < 4.78 is 3.76. The van der Waals surface area contributed by atoms with E-state index in [0.717, 1.165) is 32.1 Å². The maximum absolute atomic E-state index is 5.48. The molecule has 4 rings (SSSR count). The summed E-state index contributed by atoms with van der Waals surface area (Å²) >= 11 is 8.99. The molecule has 3 nitrogen and oxygen atoms in total. The van der Waals surface area contributed by atoms with Crippen LogP contribution in [-0.2, 0) is 0 Å². The summed E-state index contributed by atoms with van der Waals surface area (Å²) in [5.41, 5.74) is 4.09. The molecular formula is C16H10BrN3S. The van der Waals surface area contributed by atoms with Gasteiger partial charge in [0, 0.05) is 21.7 Å². The topological polar surface area (TPSA) is 33.6 Å². The minimum atomic E-state index is 0.686. The van der Waals surface area contributed by atoms with Crippen LogP contribution >= 0.6 is 28.1 Å². The van der Waals surface area contributed by atoms with E-state index in [9.17, 15) is 0 Å². The molecule has 0 unspecified atom stereocenters. The first-order valence-corrected chi connectivity index (χ1v) is 7.68. The molecule has 0 radical (unpaired) electrons. The second-order valence-corrected chi connectivity index (χ2v) is 6.11. The smallest absolute Gasteiger partial charge is 0.182 e. The SMILES string of the molecule is S=c1[nH]c2ccc(Br)cc2n1-c1ccc2ncccc2c1. The molecular weight excluding hydrogens is 346 g/mol. The number of halogens is 1. The molecule has 2 aromatic heterocycles. The van der Waals surface area contributed by atoms with Gasteiger partial charge in [0.05, 0.1) is 16.6 Å². The van der Waals surface area contributed by atoms with Crippen molar-refractivity contribution in [2.45, 2.75) is 0 Å². The van der Waals surface area contributed by atoms with Crippen molar-refractivity contribution >= 4 is 50.1 Å². The van der Waals surface area contributed by atoms with Crippen LogP contribution in [0.15, 0.2) is 59.2 Å². The number of imidazole rings is 1. The zero-order valence-corrected chi connectivity index (χ0v) is 13.3. The second kappa shape index (κ2) is 4.79. The average molecular weight is 356 g/mol. The Morgan fingerprint density at radius 3 is 2.90 bits per heavy atom. The van der Waals surface area contributed by atoms with Crippen LogP contribution in [0.4, 0.5) is 0 Å². The Kier molecular flexibility index (Phi) is 2.90.